The van der Waals surface area contributed by atoms with Crippen molar-refractivity contribution in [2.75, 3.05) is 23.7 Å². The summed E-state index contributed by atoms with van der Waals surface area (Å²) in [4.78, 5) is 27.2. The zero-order chi connectivity index (χ0) is 23.9. The summed E-state index contributed by atoms with van der Waals surface area (Å²) in [5, 5.41) is 2.75. The first-order valence-electron chi connectivity index (χ1n) is 10.1. The van der Waals surface area contributed by atoms with Crippen LogP contribution >= 0.6 is 15.9 Å². The molecule has 0 radical (unpaired) electrons. The number of nitrogens with zero attached hydrogens (tertiary/aromatic N) is 2. The topological polar surface area (TPSA) is 86.8 Å². The zero-order valence-corrected chi connectivity index (χ0v) is 20.6. The van der Waals surface area contributed by atoms with Crippen molar-refractivity contribution in [1.29, 1.82) is 0 Å². The molecule has 174 valence electrons. The molecule has 0 aliphatic heterocycles. The molecule has 0 aromatic heterocycles. The van der Waals surface area contributed by atoms with E-state index in [0.717, 1.165) is 21.5 Å². The molecule has 0 fully saturated rings. The smallest absolute Gasteiger partial charge is 0.244 e. The third kappa shape index (κ3) is 7.30. The van der Waals surface area contributed by atoms with Gasteiger partial charge in [-0.25, -0.2) is 12.8 Å². The molecule has 2 amide bonds. The highest BCUT2D eigenvalue weighted by atomic mass is 79.9. The molecule has 0 heterocycles. The molecule has 0 spiro atoms. The number of nitrogens with one attached hydrogen (secondary N) is 1. The van der Waals surface area contributed by atoms with E-state index >= 15 is 0 Å². The number of amides is 2. The van der Waals surface area contributed by atoms with Crippen LogP contribution in [0.4, 0.5) is 10.1 Å². The number of rotatable bonds is 10. The number of hydrogen-bond acceptors (Lipinski definition) is 4. The minimum atomic E-state index is -3.78. The predicted molar refractivity (Wildman–Crippen MR) is 126 cm³/mol. The number of benzene rings is 2. The molecule has 0 saturated heterocycles. The van der Waals surface area contributed by atoms with E-state index in [4.69, 9.17) is 0 Å². The molecule has 7 nitrogen and oxygen atoms in total. The summed E-state index contributed by atoms with van der Waals surface area (Å²) < 4.78 is 39.9. The normalized spacial score (nSPS) is 12.2. The second kappa shape index (κ2) is 11.4. The quantitative estimate of drug-likeness (QED) is 0.513. The molecule has 1 N–H and O–H groups in total. The molecule has 0 aliphatic rings. The Morgan fingerprint density at radius 2 is 1.69 bits per heavy atom. The van der Waals surface area contributed by atoms with Gasteiger partial charge in [0.25, 0.3) is 0 Å². The Morgan fingerprint density at radius 3 is 2.22 bits per heavy atom. The number of anilines is 1. The van der Waals surface area contributed by atoms with Crippen LogP contribution in [0.1, 0.15) is 25.8 Å². The van der Waals surface area contributed by atoms with Gasteiger partial charge in [-0.3, -0.25) is 13.9 Å². The lowest BCUT2D eigenvalue weighted by atomic mass is 10.1. The van der Waals surface area contributed by atoms with Crippen molar-refractivity contribution in [3.8, 4) is 0 Å². The maximum atomic E-state index is 13.3. The standard InChI is InChI=1S/C22H27BrFN3O4S/c1-4-13-25-22(29)16(2)26(14-17-5-9-19(24)10-6-17)21(28)15-27(32(3,30)31)20-11-7-18(23)8-12-20/h5-12,16H,4,13-15H2,1-3H3,(H,25,29)/t16-/m1/s1. The van der Waals surface area contributed by atoms with Crippen molar-refractivity contribution in [2.45, 2.75) is 32.9 Å². The Labute approximate surface area is 196 Å². The zero-order valence-electron chi connectivity index (χ0n) is 18.2. The maximum Gasteiger partial charge on any atom is 0.244 e. The van der Waals surface area contributed by atoms with E-state index in [0.29, 0.717) is 17.8 Å². The first-order chi connectivity index (χ1) is 15.0. The highest BCUT2D eigenvalue weighted by Crippen LogP contribution is 2.21. The molecule has 0 unspecified atom stereocenters. The molecule has 2 aromatic carbocycles. The Morgan fingerprint density at radius 1 is 1.09 bits per heavy atom. The van der Waals surface area contributed by atoms with Crippen molar-refractivity contribution in [3.63, 3.8) is 0 Å². The van der Waals surface area contributed by atoms with Gasteiger partial charge in [0, 0.05) is 17.6 Å². The van der Waals surface area contributed by atoms with Gasteiger partial charge < -0.3 is 10.2 Å². The number of sulfonamides is 1. The van der Waals surface area contributed by atoms with E-state index in [1.54, 1.807) is 31.2 Å². The van der Waals surface area contributed by atoms with Gasteiger partial charge >= 0.3 is 0 Å². The van der Waals surface area contributed by atoms with Crippen LogP contribution in [-0.4, -0.2) is 50.5 Å². The van der Waals surface area contributed by atoms with E-state index in [2.05, 4.69) is 21.2 Å². The van der Waals surface area contributed by atoms with Crippen LogP contribution in [0, 0.1) is 5.82 Å². The summed E-state index contributed by atoms with van der Waals surface area (Å²) in [6.45, 7) is 3.49. The van der Waals surface area contributed by atoms with Crippen LogP contribution in [0.3, 0.4) is 0 Å². The highest BCUT2D eigenvalue weighted by molar-refractivity contribution is 9.10. The van der Waals surface area contributed by atoms with Crippen LogP contribution in [0.15, 0.2) is 53.0 Å². The van der Waals surface area contributed by atoms with E-state index in [9.17, 15) is 22.4 Å². The van der Waals surface area contributed by atoms with Crippen molar-refractivity contribution in [3.05, 3.63) is 64.4 Å². The molecule has 0 aliphatic carbocycles. The molecule has 1 atom stereocenters. The Bertz CT molecular complexity index is 1030. The average Bonchev–Trinajstić information content (AvgIpc) is 2.74. The first kappa shape index (κ1) is 25.8. The first-order valence-corrected chi connectivity index (χ1v) is 12.7. The van der Waals surface area contributed by atoms with Crippen molar-refractivity contribution >= 4 is 43.5 Å². The van der Waals surface area contributed by atoms with Gasteiger partial charge in [0.15, 0.2) is 0 Å². The minimum Gasteiger partial charge on any atom is -0.354 e. The van der Waals surface area contributed by atoms with Crippen LogP contribution in [0.25, 0.3) is 0 Å². The van der Waals surface area contributed by atoms with Crippen molar-refractivity contribution in [2.24, 2.45) is 0 Å². The lowest BCUT2D eigenvalue weighted by Crippen LogP contribution is -2.51. The van der Waals surface area contributed by atoms with Crippen LogP contribution < -0.4 is 9.62 Å². The summed E-state index contributed by atoms with van der Waals surface area (Å²) >= 11 is 3.30. The van der Waals surface area contributed by atoms with E-state index < -0.39 is 34.3 Å². The third-order valence-electron chi connectivity index (χ3n) is 4.78. The minimum absolute atomic E-state index is 0.0256. The average molecular weight is 528 g/mol. The van der Waals surface area contributed by atoms with Crippen molar-refractivity contribution in [1.82, 2.24) is 10.2 Å². The Balaban J connectivity index is 2.34. The number of carbonyl (C=O) groups is 2. The van der Waals surface area contributed by atoms with Gasteiger partial charge in [-0.1, -0.05) is 35.0 Å². The molecule has 0 bridgehead atoms. The fourth-order valence-corrected chi connectivity index (χ4v) is 4.10. The molecular formula is C22H27BrFN3O4S. The van der Waals surface area contributed by atoms with Gasteiger partial charge in [0.05, 0.1) is 11.9 Å². The number of halogens is 2. The van der Waals surface area contributed by atoms with Gasteiger partial charge in [-0.15, -0.1) is 0 Å². The van der Waals surface area contributed by atoms with E-state index in [-0.39, 0.29) is 12.5 Å². The van der Waals surface area contributed by atoms with Crippen LogP contribution in [0.5, 0.6) is 0 Å². The fourth-order valence-electron chi connectivity index (χ4n) is 2.99. The number of carbonyl (C=O) groups excluding carboxylic acids is 2. The second-order valence-corrected chi connectivity index (χ2v) is 10.2. The second-order valence-electron chi connectivity index (χ2n) is 7.36. The Kier molecular flexibility index (Phi) is 9.21. The third-order valence-corrected chi connectivity index (χ3v) is 6.45. The monoisotopic (exact) mass is 527 g/mol. The molecule has 2 rings (SSSR count). The number of hydrogen-bond donors (Lipinski definition) is 1. The maximum absolute atomic E-state index is 13.3. The summed E-state index contributed by atoms with van der Waals surface area (Å²) in [6.07, 6.45) is 1.75. The van der Waals surface area contributed by atoms with E-state index in [1.807, 2.05) is 6.92 Å². The van der Waals surface area contributed by atoms with Crippen molar-refractivity contribution < 1.29 is 22.4 Å². The van der Waals surface area contributed by atoms with Gasteiger partial charge in [0.1, 0.15) is 18.4 Å². The van der Waals surface area contributed by atoms with Gasteiger partial charge in [-0.05, 0) is 55.3 Å². The fraction of sp³-hybridized carbons (Fsp3) is 0.364. The Hall–Kier alpha value is -2.46. The van der Waals surface area contributed by atoms with E-state index in [1.165, 1.54) is 29.2 Å². The molecule has 32 heavy (non-hydrogen) atoms. The van der Waals surface area contributed by atoms with Crippen LogP contribution in [-0.2, 0) is 26.2 Å². The summed E-state index contributed by atoms with van der Waals surface area (Å²) in [5.41, 5.74) is 0.943. The van der Waals surface area contributed by atoms with Gasteiger partial charge in [-0.2, -0.15) is 0 Å². The highest BCUT2D eigenvalue weighted by Gasteiger charge is 2.29. The molecule has 2 aromatic rings. The summed E-state index contributed by atoms with van der Waals surface area (Å²) in [6, 6.07) is 11.2. The summed E-state index contributed by atoms with van der Waals surface area (Å²) in [7, 11) is -3.78. The van der Waals surface area contributed by atoms with Gasteiger partial charge in [0.2, 0.25) is 21.8 Å². The largest absolute Gasteiger partial charge is 0.354 e. The molecule has 10 heteroatoms. The van der Waals surface area contributed by atoms with Crippen LogP contribution in [0.2, 0.25) is 0 Å². The predicted octanol–water partition coefficient (Wildman–Crippen LogP) is 3.30. The summed E-state index contributed by atoms with van der Waals surface area (Å²) in [5.74, 6) is -1.32. The SMILES string of the molecule is CCCNC(=O)[C@@H](C)N(Cc1ccc(F)cc1)C(=O)CN(c1ccc(Br)cc1)S(C)(=O)=O. The molecule has 0 saturated carbocycles. The lowest BCUT2D eigenvalue weighted by molar-refractivity contribution is -0.139. The lowest BCUT2D eigenvalue weighted by Gasteiger charge is -2.31. The molecular weight excluding hydrogens is 501 g/mol.